The van der Waals surface area contributed by atoms with Gasteiger partial charge in [-0.1, -0.05) is 19.8 Å². The first kappa shape index (κ1) is 10.5. The normalized spacial score (nSPS) is 11.5. The summed E-state index contributed by atoms with van der Waals surface area (Å²) in [7, 11) is -0.396. The van der Waals surface area contributed by atoms with Crippen molar-refractivity contribution < 1.29 is 8.42 Å². The number of rotatable bonds is 1. The van der Waals surface area contributed by atoms with Crippen molar-refractivity contribution in [3.05, 3.63) is 0 Å². The summed E-state index contributed by atoms with van der Waals surface area (Å²) < 4.78 is 23.1. The van der Waals surface area contributed by atoms with Gasteiger partial charge in [0.1, 0.15) is 0 Å². The number of sulfonamides is 1. The van der Waals surface area contributed by atoms with Gasteiger partial charge in [0.15, 0.2) is 0 Å². The van der Waals surface area contributed by atoms with Crippen LogP contribution in [-0.4, -0.2) is 26.8 Å². The van der Waals surface area contributed by atoms with Gasteiger partial charge >= 0.3 is 0 Å². The predicted octanol–water partition coefficient (Wildman–Crippen LogP) is 0.495. The lowest BCUT2D eigenvalue weighted by Gasteiger charge is -2.03. The van der Waals surface area contributed by atoms with Crippen molar-refractivity contribution in [3.8, 4) is 11.2 Å². The van der Waals surface area contributed by atoms with Crippen molar-refractivity contribution >= 4 is 10.0 Å². The van der Waals surface area contributed by atoms with E-state index in [1.165, 1.54) is 14.1 Å². The minimum absolute atomic E-state index is 0.0877. The van der Waals surface area contributed by atoms with E-state index in [2.05, 4.69) is 11.2 Å². The number of nitrogens with zero attached hydrogens (tertiary/aromatic N) is 1. The highest BCUT2D eigenvalue weighted by atomic mass is 32.2. The van der Waals surface area contributed by atoms with E-state index < -0.39 is 10.0 Å². The Balaban J connectivity index is 4.55. The molecule has 0 radical (unpaired) electrons. The SMILES string of the molecule is CC(C)C#CS(=O)(=O)N(C)C. The summed E-state index contributed by atoms with van der Waals surface area (Å²) in [5.74, 6) is 2.68. The summed E-state index contributed by atoms with van der Waals surface area (Å²) in [6, 6.07) is 0. The molecule has 0 unspecified atom stereocenters. The Bertz CT molecular complexity index is 267. The molecule has 0 saturated heterocycles. The Morgan fingerprint density at radius 3 is 2.00 bits per heavy atom. The van der Waals surface area contributed by atoms with Crippen molar-refractivity contribution in [1.82, 2.24) is 4.31 Å². The molecule has 3 nitrogen and oxygen atoms in total. The minimum atomic E-state index is -3.32. The van der Waals surface area contributed by atoms with Crippen LogP contribution in [0.2, 0.25) is 0 Å². The highest BCUT2D eigenvalue weighted by Gasteiger charge is 2.07. The lowest BCUT2D eigenvalue weighted by Crippen LogP contribution is -2.19. The summed E-state index contributed by atoms with van der Waals surface area (Å²) in [5.41, 5.74) is 0. The molecule has 0 bridgehead atoms. The molecular formula is C7H13NO2S. The second-order valence-electron chi connectivity index (χ2n) is 2.69. The molecule has 64 valence electrons. The van der Waals surface area contributed by atoms with E-state index in [1.54, 1.807) is 0 Å². The van der Waals surface area contributed by atoms with Gasteiger partial charge in [-0.2, -0.15) is 12.7 Å². The summed E-state index contributed by atoms with van der Waals surface area (Å²) in [6.07, 6.45) is 0. The zero-order valence-electron chi connectivity index (χ0n) is 7.25. The first-order chi connectivity index (χ1) is 4.86. The monoisotopic (exact) mass is 175 g/mol. The molecule has 0 amide bonds. The van der Waals surface area contributed by atoms with Crippen LogP contribution in [0.5, 0.6) is 0 Å². The van der Waals surface area contributed by atoms with E-state index in [1.807, 2.05) is 13.8 Å². The second-order valence-corrected chi connectivity index (χ2v) is 4.57. The first-order valence-electron chi connectivity index (χ1n) is 3.31. The highest BCUT2D eigenvalue weighted by molar-refractivity contribution is 7.93. The Morgan fingerprint density at radius 2 is 1.73 bits per heavy atom. The Morgan fingerprint density at radius 1 is 1.27 bits per heavy atom. The molecule has 0 N–H and O–H groups in total. The van der Waals surface area contributed by atoms with Gasteiger partial charge in [-0.3, -0.25) is 0 Å². The standard InChI is InChI=1S/C7H13NO2S/c1-7(2)5-6-11(9,10)8(3)4/h7H,1-4H3. The van der Waals surface area contributed by atoms with Crippen molar-refractivity contribution in [2.75, 3.05) is 14.1 Å². The van der Waals surface area contributed by atoms with E-state index in [9.17, 15) is 8.42 Å². The summed E-state index contributed by atoms with van der Waals surface area (Å²) in [5, 5.41) is 2.21. The van der Waals surface area contributed by atoms with Crippen molar-refractivity contribution in [2.24, 2.45) is 5.92 Å². The zero-order valence-corrected chi connectivity index (χ0v) is 8.07. The van der Waals surface area contributed by atoms with Gasteiger partial charge in [0.05, 0.1) is 0 Å². The fourth-order valence-electron chi connectivity index (χ4n) is 0.284. The molecular weight excluding hydrogens is 162 g/mol. The average Bonchev–Trinajstić information content (AvgIpc) is 1.84. The third-order valence-corrected chi connectivity index (χ3v) is 2.29. The lowest BCUT2D eigenvalue weighted by molar-refractivity contribution is 0.533. The molecule has 0 heterocycles. The van der Waals surface area contributed by atoms with Crippen molar-refractivity contribution in [2.45, 2.75) is 13.8 Å². The van der Waals surface area contributed by atoms with Crippen LogP contribution in [0.3, 0.4) is 0 Å². The molecule has 0 atom stereocenters. The van der Waals surface area contributed by atoms with Crippen LogP contribution < -0.4 is 0 Å². The molecule has 0 fully saturated rings. The van der Waals surface area contributed by atoms with Crippen LogP contribution >= 0.6 is 0 Å². The van der Waals surface area contributed by atoms with Crippen LogP contribution in [0.25, 0.3) is 0 Å². The average molecular weight is 175 g/mol. The van der Waals surface area contributed by atoms with Gasteiger partial charge in [-0.15, -0.1) is 0 Å². The molecule has 0 aliphatic rings. The topological polar surface area (TPSA) is 37.4 Å². The smallest absolute Gasteiger partial charge is 0.198 e. The fourth-order valence-corrected chi connectivity index (χ4v) is 0.851. The molecule has 0 aromatic rings. The van der Waals surface area contributed by atoms with E-state index in [0.29, 0.717) is 0 Å². The molecule has 0 aromatic heterocycles. The van der Waals surface area contributed by atoms with Gasteiger partial charge in [0.2, 0.25) is 0 Å². The highest BCUT2D eigenvalue weighted by Crippen LogP contribution is 1.93. The second kappa shape index (κ2) is 3.74. The molecule has 11 heavy (non-hydrogen) atoms. The zero-order chi connectivity index (χ0) is 9.07. The van der Waals surface area contributed by atoms with E-state index >= 15 is 0 Å². The minimum Gasteiger partial charge on any atom is -0.198 e. The number of hydrogen-bond donors (Lipinski definition) is 0. The molecule has 0 aromatic carbocycles. The quantitative estimate of drug-likeness (QED) is 0.544. The molecule has 0 aliphatic carbocycles. The summed E-state index contributed by atoms with van der Waals surface area (Å²) in [4.78, 5) is 0. The molecule has 0 rings (SSSR count). The van der Waals surface area contributed by atoms with Gasteiger partial charge in [-0.05, 0) is 0 Å². The van der Waals surface area contributed by atoms with E-state index in [0.717, 1.165) is 4.31 Å². The number of hydrogen-bond acceptors (Lipinski definition) is 2. The maximum Gasteiger partial charge on any atom is 0.282 e. The third kappa shape index (κ3) is 4.02. The van der Waals surface area contributed by atoms with Gasteiger partial charge < -0.3 is 0 Å². The van der Waals surface area contributed by atoms with Crippen LogP contribution in [0.4, 0.5) is 0 Å². The fraction of sp³-hybridized carbons (Fsp3) is 0.714. The van der Waals surface area contributed by atoms with E-state index in [-0.39, 0.29) is 5.92 Å². The predicted molar refractivity (Wildman–Crippen MR) is 45.2 cm³/mol. The lowest BCUT2D eigenvalue weighted by atomic mass is 10.2. The van der Waals surface area contributed by atoms with Gasteiger partial charge in [0, 0.05) is 25.3 Å². The van der Waals surface area contributed by atoms with Crippen LogP contribution in [0, 0.1) is 17.1 Å². The maximum atomic E-state index is 11.0. The van der Waals surface area contributed by atoms with Crippen molar-refractivity contribution in [3.63, 3.8) is 0 Å². The third-order valence-electron chi connectivity index (χ3n) is 0.957. The summed E-state index contributed by atoms with van der Waals surface area (Å²) in [6.45, 7) is 3.69. The summed E-state index contributed by atoms with van der Waals surface area (Å²) >= 11 is 0. The van der Waals surface area contributed by atoms with Crippen LogP contribution in [-0.2, 0) is 10.0 Å². The molecule has 0 saturated carbocycles. The maximum absolute atomic E-state index is 11.0. The largest absolute Gasteiger partial charge is 0.282 e. The molecule has 0 aliphatic heterocycles. The Kier molecular flexibility index (Phi) is 3.56. The van der Waals surface area contributed by atoms with Gasteiger partial charge in [-0.25, -0.2) is 0 Å². The van der Waals surface area contributed by atoms with Crippen LogP contribution in [0.15, 0.2) is 0 Å². The first-order valence-corrected chi connectivity index (χ1v) is 4.75. The van der Waals surface area contributed by atoms with Crippen LogP contribution in [0.1, 0.15) is 13.8 Å². The van der Waals surface area contributed by atoms with Gasteiger partial charge in [0.25, 0.3) is 10.0 Å². The molecule has 4 heteroatoms. The molecule has 0 spiro atoms. The Hall–Kier alpha value is -0.530. The van der Waals surface area contributed by atoms with E-state index in [4.69, 9.17) is 0 Å². The van der Waals surface area contributed by atoms with Crippen molar-refractivity contribution in [1.29, 1.82) is 0 Å². The Labute approximate surface area is 68.4 Å².